The molecule has 184 valence electrons. The van der Waals surface area contributed by atoms with Crippen LogP contribution in [0.25, 0.3) is 0 Å². The van der Waals surface area contributed by atoms with Crippen molar-refractivity contribution in [3.05, 3.63) is 125 Å². The van der Waals surface area contributed by atoms with Crippen molar-refractivity contribution in [1.29, 1.82) is 0 Å². The first-order valence-corrected chi connectivity index (χ1v) is 16.0. The molecular weight excluding hydrogens is 527 g/mol. The van der Waals surface area contributed by atoms with Gasteiger partial charge in [-0.05, 0) is 0 Å². The van der Waals surface area contributed by atoms with Gasteiger partial charge in [0.25, 0.3) is 0 Å². The van der Waals surface area contributed by atoms with E-state index in [4.69, 9.17) is 4.74 Å². The molecule has 1 heterocycles. The molecule has 0 saturated carbocycles. The van der Waals surface area contributed by atoms with Crippen molar-refractivity contribution in [3.8, 4) is 0 Å². The summed E-state index contributed by atoms with van der Waals surface area (Å²) in [5.41, 5.74) is 1.89. The summed E-state index contributed by atoms with van der Waals surface area (Å²) >= 11 is 3.68. The van der Waals surface area contributed by atoms with Gasteiger partial charge in [0.05, 0.1) is 0 Å². The Balaban J connectivity index is 1.64. The van der Waals surface area contributed by atoms with Gasteiger partial charge in [0, 0.05) is 0 Å². The number of carbonyl (C=O) groups excluding carboxylic acids is 1. The molecule has 0 radical (unpaired) electrons. The maximum absolute atomic E-state index is 11.9. The molecule has 5 rings (SSSR count). The number of ether oxygens (including phenoxy) is 1. The maximum atomic E-state index is 11.9. The number of esters is 1. The Morgan fingerprint density at radius 1 is 0.806 bits per heavy atom. The summed E-state index contributed by atoms with van der Waals surface area (Å²) in [7, 11) is 1.43. The van der Waals surface area contributed by atoms with Crippen molar-refractivity contribution in [2.45, 2.75) is 19.3 Å². The first-order valence-electron chi connectivity index (χ1n) is 12.6. The van der Waals surface area contributed by atoms with Gasteiger partial charge in [-0.3, -0.25) is 0 Å². The fourth-order valence-corrected chi connectivity index (χ4v) is 14.1. The topological polar surface area (TPSA) is 26.3 Å². The van der Waals surface area contributed by atoms with E-state index in [1.165, 1.54) is 47.6 Å². The van der Waals surface area contributed by atoms with E-state index in [0.29, 0.717) is 11.5 Å². The Kier molecular flexibility index (Phi) is 7.15. The molecule has 0 amide bonds. The number of carbonyl (C=O) groups is 1. The molecule has 1 aliphatic heterocycles. The van der Waals surface area contributed by atoms with E-state index >= 15 is 0 Å². The zero-order valence-electron chi connectivity index (χ0n) is 20.6. The molecule has 0 N–H and O–H groups in total. The Morgan fingerprint density at radius 2 is 1.36 bits per heavy atom. The number of halogens is 1. The van der Waals surface area contributed by atoms with Crippen molar-refractivity contribution in [2.75, 3.05) is 19.4 Å². The first kappa shape index (κ1) is 24.9. The summed E-state index contributed by atoms with van der Waals surface area (Å²) in [6.45, 7) is -2.75. The van der Waals surface area contributed by atoms with Gasteiger partial charge in [-0.15, -0.1) is 0 Å². The summed E-state index contributed by atoms with van der Waals surface area (Å²) in [4.78, 5) is 11.9. The normalized spacial score (nSPS) is 19.5. The monoisotopic (exact) mass is 558 g/mol. The van der Waals surface area contributed by atoms with Crippen molar-refractivity contribution in [2.24, 2.45) is 5.92 Å². The molecule has 4 aromatic rings. The number of hydrogen-bond acceptors (Lipinski definition) is 2. The standard InChI is InChI=1S/C32H32BrO2P/c1-35-32(34)27-16-14-25(15-17-27)23-26-9-8-22-36(24-26,29-10-4-2-5-11-29,30-12-6-3-7-13-30)31-20-18-28(33)19-21-31/h2-7,10-21,26H,8-9,22-24H2,1H3. The van der Waals surface area contributed by atoms with Gasteiger partial charge in [-0.25, -0.2) is 0 Å². The second kappa shape index (κ2) is 10.3. The van der Waals surface area contributed by atoms with Gasteiger partial charge in [0.15, 0.2) is 0 Å². The summed E-state index contributed by atoms with van der Waals surface area (Å²) in [6, 6.07) is 39.8. The van der Waals surface area contributed by atoms with Crippen LogP contribution in [0.2, 0.25) is 0 Å². The second-order valence-electron chi connectivity index (χ2n) is 9.96. The van der Waals surface area contributed by atoms with Crippen molar-refractivity contribution in [1.82, 2.24) is 0 Å². The van der Waals surface area contributed by atoms with Crippen LogP contribution in [-0.4, -0.2) is 25.4 Å². The molecule has 36 heavy (non-hydrogen) atoms. The first-order chi connectivity index (χ1) is 17.5. The van der Waals surface area contributed by atoms with Gasteiger partial charge in [-0.2, -0.15) is 0 Å². The van der Waals surface area contributed by atoms with Gasteiger partial charge >= 0.3 is 223 Å². The summed E-state index contributed by atoms with van der Waals surface area (Å²) < 4.78 is 6.00. The van der Waals surface area contributed by atoms with Crippen molar-refractivity contribution >= 4 is 44.4 Å². The van der Waals surface area contributed by atoms with E-state index in [2.05, 4.69) is 113 Å². The minimum atomic E-state index is -2.75. The predicted molar refractivity (Wildman–Crippen MR) is 157 cm³/mol. The van der Waals surface area contributed by atoms with Crippen LogP contribution in [0.15, 0.2) is 114 Å². The van der Waals surface area contributed by atoms with E-state index in [0.717, 1.165) is 17.1 Å². The van der Waals surface area contributed by atoms with Crippen LogP contribution >= 0.6 is 22.5 Å². The molecule has 4 aromatic carbocycles. The molecular formula is C32H32BrO2P. The molecule has 1 atom stereocenters. The SMILES string of the molecule is COC(=O)c1ccc(CC2CCCP(c3ccccc3)(c3ccccc3)(c3ccc(Br)cc3)C2)cc1. The zero-order valence-corrected chi connectivity index (χ0v) is 23.1. The summed E-state index contributed by atoms with van der Waals surface area (Å²) in [6.07, 6.45) is 5.77. The number of hydrogen-bond donors (Lipinski definition) is 0. The number of benzene rings is 4. The molecule has 4 heteroatoms. The van der Waals surface area contributed by atoms with Crippen LogP contribution in [0, 0.1) is 5.92 Å². The van der Waals surface area contributed by atoms with E-state index in [-0.39, 0.29) is 5.97 Å². The molecule has 1 unspecified atom stereocenters. The molecule has 0 aliphatic carbocycles. The third-order valence-corrected chi connectivity index (χ3v) is 15.8. The van der Waals surface area contributed by atoms with Crippen LogP contribution in [0.5, 0.6) is 0 Å². The minimum absolute atomic E-state index is 0.285. The predicted octanol–water partition coefficient (Wildman–Crippen LogP) is 6.72. The van der Waals surface area contributed by atoms with Crippen LogP contribution < -0.4 is 15.9 Å². The number of methoxy groups -OCH3 is 1. The Bertz CT molecular complexity index is 1280. The zero-order chi connectivity index (χ0) is 25.0. The molecule has 1 aliphatic rings. The average Bonchev–Trinajstić information content (AvgIpc) is 2.94. The Labute approximate surface area is 222 Å². The quantitative estimate of drug-likeness (QED) is 0.194. The third kappa shape index (κ3) is 4.33. The average molecular weight is 559 g/mol. The molecule has 0 aromatic heterocycles. The fourth-order valence-electron chi connectivity index (χ4n) is 6.40. The Morgan fingerprint density at radius 3 is 1.92 bits per heavy atom. The molecule has 0 spiro atoms. The van der Waals surface area contributed by atoms with Crippen molar-refractivity contribution in [3.63, 3.8) is 0 Å². The van der Waals surface area contributed by atoms with Crippen molar-refractivity contribution < 1.29 is 9.53 Å². The number of rotatable bonds is 6. The van der Waals surface area contributed by atoms with Gasteiger partial charge in [0.1, 0.15) is 0 Å². The van der Waals surface area contributed by atoms with E-state index in [1.54, 1.807) is 0 Å². The van der Waals surface area contributed by atoms with E-state index in [9.17, 15) is 4.79 Å². The van der Waals surface area contributed by atoms with Crippen LogP contribution in [0.3, 0.4) is 0 Å². The van der Waals surface area contributed by atoms with Gasteiger partial charge in [0.2, 0.25) is 0 Å². The van der Waals surface area contributed by atoms with Crippen LogP contribution in [0.1, 0.15) is 28.8 Å². The second-order valence-corrected chi connectivity index (χ2v) is 16.3. The van der Waals surface area contributed by atoms with Crippen LogP contribution in [-0.2, 0) is 11.2 Å². The summed E-state index contributed by atoms with van der Waals surface area (Å²) in [5, 5.41) is 4.46. The molecule has 0 bridgehead atoms. The van der Waals surface area contributed by atoms with E-state index < -0.39 is 6.60 Å². The molecule has 1 fully saturated rings. The fraction of sp³-hybridized carbons (Fsp3) is 0.219. The Hall–Kier alpha value is -2.74. The summed E-state index contributed by atoms with van der Waals surface area (Å²) in [5.74, 6) is 0.261. The molecule has 2 nitrogen and oxygen atoms in total. The van der Waals surface area contributed by atoms with Gasteiger partial charge in [-0.1, -0.05) is 0 Å². The van der Waals surface area contributed by atoms with Gasteiger partial charge < -0.3 is 0 Å². The molecule has 1 saturated heterocycles. The van der Waals surface area contributed by atoms with Crippen LogP contribution in [0.4, 0.5) is 0 Å². The third-order valence-electron chi connectivity index (χ3n) is 8.03. The van der Waals surface area contributed by atoms with E-state index in [1.807, 2.05) is 12.1 Å².